The number of ether oxygens (including phenoxy) is 2. The third-order valence-electron chi connectivity index (χ3n) is 3.55. The molecule has 2 amide bonds. The van der Waals surface area contributed by atoms with Crippen molar-refractivity contribution in [1.82, 2.24) is 10.9 Å². The highest BCUT2D eigenvalue weighted by Crippen LogP contribution is 2.31. The van der Waals surface area contributed by atoms with Gasteiger partial charge in [0.05, 0.1) is 5.56 Å². The van der Waals surface area contributed by atoms with Gasteiger partial charge in [-0.15, -0.1) is 0 Å². The highest BCUT2D eigenvalue weighted by atomic mass is 19.4. The van der Waals surface area contributed by atoms with Gasteiger partial charge in [-0.25, -0.2) is 0 Å². The topological polar surface area (TPSA) is 76.7 Å². The zero-order valence-electron chi connectivity index (χ0n) is 13.2. The molecule has 6 nitrogen and oxygen atoms in total. The smallest absolute Gasteiger partial charge is 0.416 e. The number of alkyl halides is 3. The number of carbonyl (C=O) groups is 2. The Kier molecular flexibility index (Phi) is 4.70. The molecule has 0 atom stereocenters. The summed E-state index contributed by atoms with van der Waals surface area (Å²) in [6.45, 7) is 0.760. The van der Waals surface area contributed by atoms with Gasteiger partial charge in [-0.1, -0.05) is 6.07 Å². The van der Waals surface area contributed by atoms with Crippen LogP contribution in [-0.2, 0) is 6.18 Å². The Bertz CT molecular complexity index is 852. The largest absolute Gasteiger partial charge is 0.486 e. The van der Waals surface area contributed by atoms with Crippen LogP contribution < -0.4 is 20.3 Å². The molecule has 0 fully saturated rings. The van der Waals surface area contributed by atoms with Crippen molar-refractivity contribution < 1.29 is 32.2 Å². The van der Waals surface area contributed by atoms with E-state index in [-0.39, 0.29) is 11.1 Å². The van der Waals surface area contributed by atoms with Crippen LogP contribution in [0.15, 0.2) is 42.5 Å². The second-order valence-electron chi connectivity index (χ2n) is 5.35. The second-order valence-corrected chi connectivity index (χ2v) is 5.35. The van der Waals surface area contributed by atoms with Gasteiger partial charge in [0.2, 0.25) is 0 Å². The Morgan fingerprint density at radius 2 is 1.46 bits per heavy atom. The number of hydrazine groups is 1. The van der Waals surface area contributed by atoms with Crippen molar-refractivity contribution in [2.24, 2.45) is 0 Å². The molecule has 136 valence electrons. The molecule has 9 heteroatoms. The summed E-state index contributed by atoms with van der Waals surface area (Å²) in [5, 5.41) is 0. The number of rotatable bonds is 2. The van der Waals surface area contributed by atoms with Crippen molar-refractivity contribution in [3.05, 3.63) is 59.2 Å². The van der Waals surface area contributed by atoms with E-state index in [2.05, 4.69) is 10.9 Å². The quantitative estimate of drug-likeness (QED) is 0.801. The van der Waals surface area contributed by atoms with E-state index in [1.165, 1.54) is 18.2 Å². The average molecular weight is 366 g/mol. The summed E-state index contributed by atoms with van der Waals surface area (Å²) in [6.07, 6.45) is -4.56. The standard InChI is InChI=1S/C17H13F3N2O4/c18-17(19,20)12-3-1-2-10(8-12)15(23)21-22-16(24)11-4-5-13-14(9-11)26-7-6-25-13/h1-5,8-9H,6-7H2,(H,21,23)(H,22,24). The molecule has 0 unspecified atom stereocenters. The summed E-state index contributed by atoms with van der Waals surface area (Å²) in [4.78, 5) is 24.0. The number of fused-ring (bicyclic) bond motifs is 1. The Balaban J connectivity index is 1.65. The van der Waals surface area contributed by atoms with E-state index < -0.39 is 23.6 Å². The van der Waals surface area contributed by atoms with Crippen molar-refractivity contribution >= 4 is 11.8 Å². The van der Waals surface area contributed by atoms with E-state index in [0.717, 1.165) is 12.1 Å². The van der Waals surface area contributed by atoms with Gasteiger partial charge >= 0.3 is 6.18 Å². The van der Waals surface area contributed by atoms with E-state index in [1.54, 1.807) is 6.07 Å². The van der Waals surface area contributed by atoms with Crippen LogP contribution in [0.25, 0.3) is 0 Å². The van der Waals surface area contributed by atoms with Crippen molar-refractivity contribution in [3.63, 3.8) is 0 Å². The number of hydrogen-bond donors (Lipinski definition) is 2. The lowest BCUT2D eigenvalue weighted by atomic mass is 10.1. The van der Waals surface area contributed by atoms with Crippen LogP contribution in [0.1, 0.15) is 26.3 Å². The summed E-state index contributed by atoms with van der Waals surface area (Å²) in [5.41, 5.74) is 3.23. The molecule has 2 N–H and O–H groups in total. The minimum atomic E-state index is -4.56. The maximum absolute atomic E-state index is 12.7. The zero-order chi connectivity index (χ0) is 18.7. The molecule has 1 aliphatic rings. The van der Waals surface area contributed by atoms with Gasteiger partial charge in [0.1, 0.15) is 13.2 Å². The number of halogens is 3. The van der Waals surface area contributed by atoms with Crippen molar-refractivity contribution in [2.45, 2.75) is 6.18 Å². The molecule has 2 aromatic rings. The fraction of sp³-hybridized carbons (Fsp3) is 0.176. The molecule has 2 aromatic carbocycles. The Hall–Kier alpha value is -3.23. The van der Waals surface area contributed by atoms with Gasteiger partial charge in [-0.2, -0.15) is 13.2 Å². The summed E-state index contributed by atoms with van der Waals surface area (Å²) >= 11 is 0. The summed E-state index contributed by atoms with van der Waals surface area (Å²) in [6, 6.07) is 8.34. The maximum Gasteiger partial charge on any atom is 0.416 e. The predicted octanol–water partition coefficient (Wildman–Crippen LogP) is 2.55. The molecule has 0 aliphatic carbocycles. The maximum atomic E-state index is 12.7. The molecule has 0 saturated carbocycles. The van der Waals surface area contributed by atoms with Gasteiger partial charge in [0.25, 0.3) is 11.8 Å². The normalized spacial score (nSPS) is 13.0. The van der Waals surface area contributed by atoms with E-state index in [0.29, 0.717) is 30.8 Å². The van der Waals surface area contributed by atoms with E-state index in [4.69, 9.17) is 9.47 Å². The van der Waals surface area contributed by atoms with Crippen LogP contribution in [-0.4, -0.2) is 25.0 Å². The minimum Gasteiger partial charge on any atom is -0.486 e. The van der Waals surface area contributed by atoms with Crippen LogP contribution in [0.4, 0.5) is 13.2 Å². The number of amides is 2. The molecule has 0 radical (unpaired) electrons. The lowest BCUT2D eigenvalue weighted by Crippen LogP contribution is -2.41. The third-order valence-corrected chi connectivity index (χ3v) is 3.55. The number of nitrogens with one attached hydrogen (secondary N) is 2. The van der Waals surface area contributed by atoms with Crippen molar-refractivity contribution in [1.29, 1.82) is 0 Å². The monoisotopic (exact) mass is 366 g/mol. The third kappa shape index (κ3) is 3.88. The summed E-state index contributed by atoms with van der Waals surface area (Å²) in [5.74, 6) is -0.627. The molecule has 0 bridgehead atoms. The van der Waals surface area contributed by atoms with Crippen LogP contribution >= 0.6 is 0 Å². The molecule has 26 heavy (non-hydrogen) atoms. The first-order valence-electron chi connectivity index (χ1n) is 7.52. The van der Waals surface area contributed by atoms with E-state index >= 15 is 0 Å². The lowest BCUT2D eigenvalue weighted by molar-refractivity contribution is -0.137. The Morgan fingerprint density at radius 3 is 2.12 bits per heavy atom. The van der Waals surface area contributed by atoms with Gasteiger partial charge in [-0.3, -0.25) is 20.4 Å². The van der Waals surface area contributed by atoms with Crippen LogP contribution in [0.3, 0.4) is 0 Å². The van der Waals surface area contributed by atoms with Gasteiger partial charge < -0.3 is 9.47 Å². The first kappa shape index (κ1) is 17.6. The second kappa shape index (κ2) is 6.95. The van der Waals surface area contributed by atoms with Gasteiger partial charge in [0, 0.05) is 11.1 Å². The highest BCUT2D eigenvalue weighted by molar-refractivity contribution is 5.99. The van der Waals surface area contributed by atoms with Crippen molar-refractivity contribution in [3.8, 4) is 11.5 Å². The lowest BCUT2D eigenvalue weighted by Gasteiger charge is -2.18. The molecule has 1 heterocycles. The van der Waals surface area contributed by atoms with Crippen LogP contribution in [0.5, 0.6) is 11.5 Å². The minimum absolute atomic E-state index is 0.193. The molecule has 0 saturated heterocycles. The Morgan fingerprint density at radius 1 is 0.846 bits per heavy atom. The van der Waals surface area contributed by atoms with Gasteiger partial charge in [0.15, 0.2) is 11.5 Å². The molecular weight excluding hydrogens is 353 g/mol. The van der Waals surface area contributed by atoms with Crippen LogP contribution in [0, 0.1) is 0 Å². The predicted molar refractivity (Wildman–Crippen MR) is 83.8 cm³/mol. The fourth-order valence-corrected chi connectivity index (χ4v) is 2.28. The number of benzene rings is 2. The first-order valence-corrected chi connectivity index (χ1v) is 7.52. The molecule has 3 rings (SSSR count). The van der Waals surface area contributed by atoms with Crippen molar-refractivity contribution in [2.75, 3.05) is 13.2 Å². The number of hydrogen-bond acceptors (Lipinski definition) is 4. The van der Waals surface area contributed by atoms with E-state index in [9.17, 15) is 22.8 Å². The summed E-state index contributed by atoms with van der Waals surface area (Å²) < 4.78 is 48.7. The molecule has 0 aromatic heterocycles. The van der Waals surface area contributed by atoms with E-state index in [1.807, 2.05) is 0 Å². The van der Waals surface area contributed by atoms with Crippen LogP contribution in [0.2, 0.25) is 0 Å². The molecular formula is C17H13F3N2O4. The fourth-order valence-electron chi connectivity index (χ4n) is 2.28. The highest BCUT2D eigenvalue weighted by Gasteiger charge is 2.30. The summed E-state index contributed by atoms with van der Waals surface area (Å²) in [7, 11) is 0. The van der Waals surface area contributed by atoms with Gasteiger partial charge in [-0.05, 0) is 36.4 Å². The molecule has 0 spiro atoms. The number of carbonyl (C=O) groups excluding carboxylic acids is 2. The SMILES string of the molecule is O=C(NNC(=O)c1ccc2c(c1)OCCO2)c1cccc(C(F)(F)F)c1. The molecule has 1 aliphatic heterocycles. The average Bonchev–Trinajstić information content (AvgIpc) is 2.64. The Labute approximate surface area is 145 Å². The zero-order valence-corrected chi connectivity index (χ0v) is 13.2. The first-order chi connectivity index (χ1) is 12.3.